The molecule has 2 aromatic rings. The smallest absolute Gasteiger partial charge is 0.104 e. The third-order valence-corrected chi connectivity index (χ3v) is 3.66. The molecule has 0 amide bonds. The minimum Gasteiger partial charge on any atom is -0.469 e. The molecule has 1 heterocycles. The monoisotopic (exact) mass is 321 g/mol. The van der Waals surface area contributed by atoms with Crippen LogP contribution in [-0.4, -0.2) is 13.1 Å². The van der Waals surface area contributed by atoms with E-state index in [-0.39, 0.29) is 0 Å². The second-order valence-electron chi connectivity index (χ2n) is 4.74. The van der Waals surface area contributed by atoms with Crippen molar-refractivity contribution in [3.05, 3.63) is 58.5 Å². The van der Waals surface area contributed by atoms with Crippen LogP contribution in [0, 0.1) is 0 Å². The summed E-state index contributed by atoms with van der Waals surface area (Å²) in [6.45, 7) is 4.22. The van der Waals surface area contributed by atoms with Crippen LogP contribution in [0.5, 0.6) is 0 Å². The number of benzene rings is 1. The largest absolute Gasteiger partial charge is 0.469 e. The molecule has 0 spiro atoms. The topological polar surface area (TPSA) is 25.2 Å². The molecule has 0 aliphatic rings. The van der Waals surface area contributed by atoms with Crippen molar-refractivity contribution in [1.29, 1.82) is 0 Å². The highest BCUT2D eigenvalue weighted by Gasteiger charge is 2.14. The van der Waals surface area contributed by atoms with Crippen LogP contribution in [0.15, 0.2) is 51.6 Å². The molecular weight excluding hydrogens is 302 g/mol. The van der Waals surface area contributed by atoms with Gasteiger partial charge in [0.25, 0.3) is 0 Å². The summed E-state index contributed by atoms with van der Waals surface area (Å²) in [6, 6.07) is 12.5. The van der Waals surface area contributed by atoms with E-state index in [4.69, 9.17) is 4.42 Å². The van der Waals surface area contributed by atoms with Crippen molar-refractivity contribution < 1.29 is 4.42 Å². The molecule has 0 aliphatic carbocycles. The molecule has 1 unspecified atom stereocenters. The maximum atomic E-state index is 5.48. The first-order valence-corrected chi connectivity index (χ1v) is 7.57. The molecule has 0 aliphatic heterocycles. The van der Waals surface area contributed by atoms with Gasteiger partial charge in [-0.25, -0.2) is 0 Å². The molecule has 1 atom stereocenters. The number of nitrogens with one attached hydrogen (secondary N) is 1. The Hall–Kier alpha value is -1.06. The molecule has 0 saturated carbocycles. The van der Waals surface area contributed by atoms with Crippen LogP contribution in [0.25, 0.3) is 0 Å². The first kappa shape index (κ1) is 14.4. The number of rotatable bonds is 7. The van der Waals surface area contributed by atoms with Crippen LogP contribution in [0.1, 0.15) is 30.6 Å². The molecule has 0 radical (unpaired) electrons. The summed E-state index contributed by atoms with van der Waals surface area (Å²) in [4.78, 5) is 0. The van der Waals surface area contributed by atoms with Gasteiger partial charge in [-0.3, -0.25) is 0 Å². The zero-order valence-electron chi connectivity index (χ0n) is 11.2. The molecule has 0 bridgehead atoms. The predicted molar refractivity (Wildman–Crippen MR) is 82.5 cm³/mol. The Bertz CT molecular complexity index is 481. The average Bonchev–Trinajstić information content (AvgIpc) is 2.91. The van der Waals surface area contributed by atoms with E-state index >= 15 is 0 Å². The number of halogens is 1. The highest BCUT2D eigenvalue weighted by Crippen LogP contribution is 2.23. The SMILES string of the molecule is CCCNCC(Cc1ccco1)c1cccc(Br)c1. The summed E-state index contributed by atoms with van der Waals surface area (Å²) >= 11 is 3.55. The average molecular weight is 322 g/mol. The Morgan fingerprint density at radius 1 is 1.26 bits per heavy atom. The van der Waals surface area contributed by atoms with Crippen molar-refractivity contribution >= 4 is 15.9 Å². The van der Waals surface area contributed by atoms with Crippen molar-refractivity contribution in [3.8, 4) is 0 Å². The fourth-order valence-corrected chi connectivity index (χ4v) is 2.61. The van der Waals surface area contributed by atoms with Gasteiger partial charge in [0.15, 0.2) is 0 Å². The highest BCUT2D eigenvalue weighted by molar-refractivity contribution is 9.10. The second-order valence-corrected chi connectivity index (χ2v) is 5.66. The molecule has 0 saturated heterocycles. The Morgan fingerprint density at radius 3 is 2.84 bits per heavy atom. The van der Waals surface area contributed by atoms with Gasteiger partial charge < -0.3 is 9.73 Å². The summed E-state index contributed by atoms with van der Waals surface area (Å²) in [5.74, 6) is 1.48. The van der Waals surface area contributed by atoms with Crippen molar-refractivity contribution in [2.75, 3.05) is 13.1 Å². The number of furan rings is 1. The number of hydrogen-bond acceptors (Lipinski definition) is 2. The van der Waals surface area contributed by atoms with Crippen molar-refractivity contribution in [3.63, 3.8) is 0 Å². The summed E-state index contributed by atoms with van der Waals surface area (Å²) in [7, 11) is 0. The first-order chi connectivity index (χ1) is 9.29. The van der Waals surface area contributed by atoms with E-state index in [9.17, 15) is 0 Å². The third-order valence-electron chi connectivity index (χ3n) is 3.17. The molecule has 1 aromatic heterocycles. The molecule has 2 nitrogen and oxygen atoms in total. The van der Waals surface area contributed by atoms with Gasteiger partial charge in [0.05, 0.1) is 6.26 Å². The maximum absolute atomic E-state index is 5.48. The summed E-state index contributed by atoms with van der Waals surface area (Å²) in [5.41, 5.74) is 1.34. The van der Waals surface area contributed by atoms with Crippen LogP contribution in [0.2, 0.25) is 0 Å². The predicted octanol–water partition coefficient (Wildman–Crippen LogP) is 4.37. The van der Waals surface area contributed by atoms with E-state index in [0.717, 1.165) is 36.2 Å². The Balaban J connectivity index is 2.08. The van der Waals surface area contributed by atoms with Gasteiger partial charge in [0.1, 0.15) is 5.76 Å². The number of hydrogen-bond donors (Lipinski definition) is 1. The zero-order chi connectivity index (χ0) is 13.5. The molecule has 19 heavy (non-hydrogen) atoms. The van der Waals surface area contributed by atoms with E-state index in [0.29, 0.717) is 5.92 Å². The molecule has 0 fully saturated rings. The van der Waals surface area contributed by atoms with Gasteiger partial charge in [0, 0.05) is 23.4 Å². The Labute approximate surface area is 123 Å². The van der Waals surface area contributed by atoms with Crippen LogP contribution in [0.3, 0.4) is 0 Å². The van der Waals surface area contributed by atoms with Gasteiger partial charge >= 0.3 is 0 Å². The van der Waals surface area contributed by atoms with E-state index in [1.54, 1.807) is 6.26 Å². The van der Waals surface area contributed by atoms with Gasteiger partial charge in [-0.05, 0) is 42.8 Å². The molecule has 1 N–H and O–H groups in total. The van der Waals surface area contributed by atoms with E-state index in [1.807, 2.05) is 12.1 Å². The normalized spacial score (nSPS) is 12.5. The Kier molecular flexibility index (Phi) is 5.67. The summed E-state index contributed by atoms with van der Waals surface area (Å²) in [5, 5.41) is 3.51. The van der Waals surface area contributed by atoms with Gasteiger partial charge in [-0.2, -0.15) is 0 Å². The minimum atomic E-state index is 0.440. The second kappa shape index (κ2) is 7.51. The van der Waals surface area contributed by atoms with Crippen molar-refractivity contribution in [1.82, 2.24) is 5.32 Å². The van der Waals surface area contributed by atoms with E-state index in [2.05, 4.69) is 52.4 Å². The third kappa shape index (κ3) is 4.51. The first-order valence-electron chi connectivity index (χ1n) is 6.78. The van der Waals surface area contributed by atoms with Crippen LogP contribution >= 0.6 is 15.9 Å². The molecule has 2 rings (SSSR count). The molecule has 102 valence electrons. The quantitative estimate of drug-likeness (QED) is 0.766. The standard InChI is InChI=1S/C16H20BrNO/c1-2-8-18-12-14(11-16-7-4-9-19-16)13-5-3-6-15(17)10-13/h3-7,9-10,14,18H,2,8,11-12H2,1H3. The van der Waals surface area contributed by atoms with Gasteiger partial charge in [-0.1, -0.05) is 35.0 Å². The molecule has 1 aromatic carbocycles. The van der Waals surface area contributed by atoms with Crippen LogP contribution in [-0.2, 0) is 6.42 Å². The zero-order valence-corrected chi connectivity index (χ0v) is 12.8. The lowest BCUT2D eigenvalue weighted by Gasteiger charge is -2.17. The lowest BCUT2D eigenvalue weighted by molar-refractivity contribution is 0.472. The lowest BCUT2D eigenvalue weighted by Crippen LogP contribution is -2.23. The van der Waals surface area contributed by atoms with Crippen LogP contribution < -0.4 is 5.32 Å². The fourth-order valence-electron chi connectivity index (χ4n) is 2.19. The maximum Gasteiger partial charge on any atom is 0.104 e. The van der Waals surface area contributed by atoms with Gasteiger partial charge in [0.2, 0.25) is 0 Å². The molecule has 3 heteroatoms. The van der Waals surface area contributed by atoms with Crippen molar-refractivity contribution in [2.24, 2.45) is 0 Å². The fraction of sp³-hybridized carbons (Fsp3) is 0.375. The van der Waals surface area contributed by atoms with Crippen molar-refractivity contribution in [2.45, 2.75) is 25.7 Å². The van der Waals surface area contributed by atoms with Gasteiger partial charge in [-0.15, -0.1) is 0 Å². The van der Waals surface area contributed by atoms with E-state index in [1.165, 1.54) is 5.56 Å². The highest BCUT2D eigenvalue weighted by atomic mass is 79.9. The minimum absolute atomic E-state index is 0.440. The summed E-state index contributed by atoms with van der Waals surface area (Å²) in [6.07, 6.45) is 3.83. The van der Waals surface area contributed by atoms with Crippen LogP contribution in [0.4, 0.5) is 0 Å². The Morgan fingerprint density at radius 2 is 2.16 bits per heavy atom. The van der Waals surface area contributed by atoms with E-state index < -0.39 is 0 Å². The molecular formula is C16H20BrNO. The lowest BCUT2D eigenvalue weighted by atomic mass is 9.94. The summed E-state index contributed by atoms with van der Waals surface area (Å²) < 4.78 is 6.61.